The zero-order valence-electron chi connectivity index (χ0n) is 10.8. The molecule has 108 valence electrons. The van der Waals surface area contributed by atoms with Gasteiger partial charge in [-0.1, -0.05) is 0 Å². The van der Waals surface area contributed by atoms with E-state index in [1.54, 1.807) is 0 Å². The van der Waals surface area contributed by atoms with Crippen LogP contribution in [0.25, 0.3) is 0 Å². The van der Waals surface area contributed by atoms with Crippen LogP contribution in [-0.4, -0.2) is 57.9 Å². The Morgan fingerprint density at radius 1 is 1.40 bits per heavy atom. The van der Waals surface area contributed by atoms with Crippen molar-refractivity contribution in [3.8, 4) is 11.5 Å². The molecule has 3 N–H and O–H groups in total. The lowest BCUT2D eigenvalue weighted by atomic mass is 10.1. The molecule has 1 saturated heterocycles. The van der Waals surface area contributed by atoms with Crippen LogP contribution in [0.15, 0.2) is 18.2 Å². The number of aliphatic hydroxyl groups excluding tert-OH is 1. The fourth-order valence-corrected chi connectivity index (χ4v) is 2.26. The molecule has 0 radical (unpaired) electrons. The fraction of sp³-hybridized carbons (Fsp3) is 0.385. The maximum absolute atomic E-state index is 12.3. The number of ether oxygens (including phenoxy) is 1. The Balaban J connectivity index is 2.26. The third kappa shape index (κ3) is 2.53. The molecule has 20 heavy (non-hydrogen) atoms. The van der Waals surface area contributed by atoms with E-state index >= 15 is 0 Å². The number of hydrogen-bond donors (Lipinski definition) is 3. The maximum Gasteiger partial charge on any atom is 0.326 e. The minimum absolute atomic E-state index is 0.00318. The van der Waals surface area contributed by atoms with Gasteiger partial charge in [-0.2, -0.15) is 0 Å². The SMILES string of the molecule is COc1ccc(C(=O)N2C[C@H](O)C[C@@H]2C(=O)O)cc1O. The third-order valence-electron chi connectivity index (χ3n) is 3.25. The maximum atomic E-state index is 12.3. The number of carboxylic acids is 1. The fourth-order valence-electron chi connectivity index (χ4n) is 2.26. The Morgan fingerprint density at radius 2 is 2.10 bits per heavy atom. The number of carbonyl (C=O) groups excluding carboxylic acids is 1. The number of hydrogen-bond acceptors (Lipinski definition) is 5. The van der Waals surface area contributed by atoms with Crippen LogP contribution in [-0.2, 0) is 4.79 Å². The Labute approximate surface area is 115 Å². The molecule has 0 aromatic heterocycles. The first-order valence-electron chi connectivity index (χ1n) is 6.03. The molecule has 1 aliphatic rings. The highest BCUT2D eigenvalue weighted by molar-refractivity contribution is 5.97. The highest BCUT2D eigenvalue weighted by Crippen LogP contribution is 2.28. The number of aliphatic carboxylic acids is 1. The molecular formula is C13H15NO6. The van der Waals surface area contributed by atoms with Crippen molar-refractivity contribution in [1.29, 1.82) is 0 Å². The number of aromatic hydroxyl groups is 1. The molecule has 7 heteroatoms. The number of benzene rings is 1. The van der Waals surface area contributed by atoms with Crippen LogP contribution in [0.2, 0.25) is 0 Å². The predicted molar refractivity (Wildman–Crippen MR) is 67.7 cm³/mol. The van der Waals surface area contributed by atoms with Crippen molar-refractivity contribution < 1.29 is 29.6 Å². The van der Waals surface area contributed by atoms with Crippen molar-refractivity contribution in [1.82, 2.24) is 4.90 Å². The van der Waals surface area contributed by atoms with E-state index in [0.717, 1.165) is 4.90 Å². The Bertz CT molecular complexity index is 544. The highest BCUT2D eigenvalue weighted by Gasteiger charge is 2.39. The van der Waals surface area contributed by atoms with Gasteiger partial charge in [-0.25, -0.2) is 4.79 Å². The van der Waals surface area contributed by atoms with Crippen molar-refractivity contribution in [2.24, 2.45) is 0 Å². The Morgan fingerprint density at radius 3 is 2.65 bits per heavy atom. The summed E-state index contributed by atoms with van der Waals surface area (Å²) in [6.07, 6.45) is -0.852. The molecule has 2 rings (SSSR count). The van der Waals surface area contributed by atoms with Gasteiger partial charge < -0.3 is 25.0 Å². The number of aliphatic hydroxyl groups is 1. The van der Waals surface area contributed by atoms with Gasteiger partial charge in [0.1, 0.15) is 6.04 Å². The molecule has 1 aromatic rings. The van der Waals surface area contributed by atoms with Crippen LogP contribution >= 0.6 is 0 Å². The lowest BCUT2D eigenvalue weighted by Gasteiger charge is -2.21. The minimum atomic E-state index is -1.16. The number of rotatable bonds is 3. The topological polar surface area (TPSA) is 107 Å². The van der Waals surface area contributed by atoms with Crippen molar-refractivity contribution in [2.75, 3.05) is 13.7 Å². The van der Waals surface area contributed by atoms with Crippen molar-refractivity contribution in [3.63, 3.8) is 0 Å². The van der Waals surface area contributed by atoms with Gasteiger partial charge in [0.2, 0.25) is 0 Å². The van der Waals surface area contributed by atoms with E-state index < -0.39 is 24.0 Å². The number of β-amino-alcohol motifs (C(OH)–C–C–N with tert-alkyl or cyclic N) is 1. The monoisotopic (exact) mass is 281 g/mol. The second-order valence-electron chi connectivity index (χ2n) is 4.59. The van der Waals surface area contributed by atoms with Gasteiger partial charge in [0, 0.05) is 18.5 Å². The number of phenolic OH excluding ortho intramolecular Hbond substituents is 1. The molecule has 1 amide bonds. The summed E-state index contributed by atoms with van der Waals surface area (Å²) in [6.45, 7) is -0.0391. The van der Waals surface area contributed by atoms with Gasteiger partial charge in [-0.15, -0.1) is 0 Å². The number of nitrogens with zero attached hydrogens (tertiary/aromatic N) is 1. The first-order chi connectivity index (χ1) is 9.43. The van der Waals surface area contributed by atoms with Crippen LogP contribution in [0, 0.1) is 0 Å². The van der Waals surface area contributed by atoms with Crippen molar-refractivity contribution >= 4 is 11.9 Å². The average molecular weight is 281 g/mol. The molecule has 2 atom stereocenters. The molecule has 1 heterocycles. The summed E-state index contributed by atoms with van der Waals surface area (Å²) in [5, 5.41) is 28.2. The van der Waals surface area contributed by atoms with Gasteiger partial charge in [-0.3, -0.25) is 4.79 Å². The van der Waals surface area contributed by atoms with Gasteiger partial charge in [-0.05, 0) is 18.2 Å². The van der Waals surface area contributed by atoms with Crippen molar-refractivity contribution in [2.45, 2.75) is 18.6 Å². The molecule has 0 aliphatic carbocycles. The molecule has 7 nitrogen and oxygen atoms in total. The average Bonchev–Trinajstić information content (AvgIpc) is 2.80. The molecule has 1 aromatic carbocycles. The van der Waals surface area contributed by atoms with E-state index in [9.17, 15) is 19.8 Å². The van der Waals surface area contributed by atoms with Crippen LogP contribution in [0.5, 0.6) is 11.5 Å². The van der Waals surface area contributed by atoms with E-state index in [0.29, 0.717) is 0 Å². The van der Waals surface area contributed by atoms with Crippen LogP contribution < -0.4 is 4.74 Å². The number of amides is 1. The molecular weight excluding hydrogens is 266 g/mol. The smallest absolute Gasteiger partial charge is 0.326 e. The van der Waals surface area contributed by atoms with E-state index in [4.69, 9.17) is 9.84 Å². The van der Waals surface area contributed by atoms with Crippen LogP contribution in [0.4, 0.5) is 0 Å². The van der Waals surface area contributed by atoms with Crippen molar-refractivity contribution in [3.05, 3.63) is 23.8 Å². The summed E-state index contributed by atoms with van der Waals surface area (Å²) in [7, 11) is 1.38. The standard InChI is InChI=1S/C13H15NO6/c1-20-11-3-2-7(4-10(11)16)12(17)14-6-8(15)5-9(14)13(18)19/h2-4,8-9,15-16H,5-6H2,1H3,(H,18,19)/t8-,9-/m1/s1. The Kier molecular flexibility index (Phi) is 3.80. The quantitative estimate of drug-likeness (QED) is 0.723. The third-order valence-corrected chi connectivity index (χ3v) is 3.25. The lowest BCUT2D eigenvalue weighted by Crippen LogP contribution is -2.40. The summed E-state index contributed by atoms with van der Waals surface area (Å²) in [4.78, 5) is 24.4. The van der Waals surface area contributed by atoms with E-state index in [1.807, 2.05) is 0 Å². The molecule has 0 saturated carbocycles. The summed E-state index contributed by atoms with van der Waals surface area (Å²) in [6, 6.07) is 3.02. The summed E-state index contributed by atoms with van der Waals surface area (Å²) in [5.41, 5.74) is 0.142. The molecule has 1 aliphatic heterocycles. The van der Waals surface area contributed by atoms with Gasteiger partial charge in [0.25, 0.3) is 5.91 Å². The normalized spacial score (nSPS) is 21.8. The van der Waals surface area contributed by atoms with E-state index in [1.165, 1.54) is 25.3 Å². The summed E-state index contributed by atoms with van der Waals surface area (Å²) in [5.74, 6) is -1.69. The van der Waals surface area contributed by atoms with Crippen LogP contribution in [0.3, 0.4) is 0 Å². The molecule has 1 fully saturated rings. The van der Waals surface area contributed by atoms with Gasteiger partial charge in [0.05, 0.1) is 13.2 Å². The van der Waals surface area contributed by atoms with Crippen LogP contribution in [0.1, 0.15) is 16.8 Å². The second kappa shape index (κ2) is 5.38. The zero-order chi connectivity index (χ0) is 14.9. The van der Waals surface area contributed by atoms with E-state index in [-0.39, 0.29) is 30.0 Å². The number of likely N-dealkylation sites (tertiary alicyclic amines) is 1. The number of carbonyl (C=O) groups is 2. The van der Waals surface area contributed by atoms with Gasteiger partial charge >= 0.3 is 5.97 Å². The van der Waals surface area contributed by atoms with E-state index in [2.05, 4.69) is 0 Å². The predicted octanol–water partition coefficient (Wildman–Crippen LogP) is 0.0608. The largest absolute Gasteiger partial charge is 0.504 e. The highest BCUT2D eigenvalue weighted by atomic mass is 16.5. The molecule has 0 unspecified atom stereocenters. The summed E-state index contributed by atoms with van der Waals surface area (Å²) < 4.78 is 4.87. The van der Waals surface area contributed by atoms with Gasteiger partial charge in [0.15, 0.2) is 11.5 Å². The molecule has 0 spiro atoms. The minimum Gasteiger partial charge on any atom is -0.504 e. The zero-order valence-corrected chi connectivity index (χ0v) is 10.8. The second-order valence-corrected chi connectivity index (χ2v) is 4.59. The first kappa shape index (κ1) is 14.1. The Hall–Kier alpha value is -2.28. The summed E-state index contributed by atoms with van der Waals surface area (Å²) >= 11 is 0. The first-order valence-corrected chi connectivity index (χ1v) is 6.03. The molecule has 0 bridgehead atoms. The number of phenols is 1. The number of methoxy groups -OCH3 is 1. The number of carboxylic acid groups (broad SMARTS) is 1. The lowest BCUT2D eigenvalue weighted by molar-refractivity contribution is -0.141.